The van der Waals surface area contributed by atoms with Gasteiger partial charge in [0.1, 0.15) is 10.8 Å². The fraction of sp³-hybridized carbons (Fsp3) is 0.450. The maximum atomic E-state index is 13.1. The Morgan fingerprint density at radius 2 is 2.00 bits per heavy atom. The number of nitrogens with zero attached hydrogens (tertiary/aromatic N) is 4. The zero-order chi connectivity index (χ0) is 19.5. The number of carbonyl (C=O) groups excluding carboxylic acids is 2. The lowest BCUT2D eigenvalue weighted by molar-refractivity contribution is -0.135. The number of halogens is 1. The molecule has 1 unspecified atom stereocenters. The maximum Gasteiger partial charge on any atom is 0.228 e. The van der Waals surface area contributed by atoms with E-state index < -0.39 is 0 Å². The van der Waals surface area contributed by atoms with Gasteiger partial charge in [-0.1, -0.05) is 0 Å². The van der Waals surface area contributed by atoms with E-state index in [1.54, 1.807) is 28.4 Å². The minimum atomic E-state index is -0.338. The summed E-state index contributed by atoms with van der Waals surface area (Å²) in [4.78, 5) is 35.6. The van der Waals surface area contributed by atoms with Crippen LogP contribution in [0.4, 0.5) is 10.1 Å². The summed E-state index contributed by atoms with van der Waals surface area (Å²) in [5.74, 6) is -0.697. The Bertz CT molecular complexity index is 827. The number of thiazole rings is 1. The third-order valence-electron chi connectivity index (χ3n) is 5.36. The van der Waals surface area contributed by atoms with E-state index >= 15 is 0 Å². The third kappa shape index (κ3) is 4.23. The van der Waals surface area contributed by atoms with Gasteiger partial charge in [0.2, 0.25) is 11.8 Å². The zero-order valence-electron chi connectivity index (χ0n) is 15.6. The number of amides is 2. The van der Waals surface area contributed by atoms with Gasteiger partial charge in [-0.15, -0.1) is 11.3 Å². The lowest BCUT2D eigenvalue weighted by Gasteiger charge is -2.24. The van der Waals surface area contributed by atoms with Gasteiger partial charge in [-0.2, -0.15) is 0 Å². The van der Waals surface area contributed by atoms with Gasteiger partial charge in [0, 0.05) is 56.4 Å². The summed E-state index contributed by atoms with van der Waals surface area (Å²) in [6.45, 7) is 4.32. The smallest absolute Gasteiger partial charge is 0.228 e. The first-order valence-electron chi connectivity index (χ1n) is 9.55. The van der Waals surface area contributed by atoms with Crippen LogP contribution in [-0.4, -0.2) is 59.3 Å². The van der Waals surface area contributed by atoms with Gasteiger partial charge < -0.3 is 9.80 Å². The van der Waals surface area contributed by atoms with Gasteiger partial charge in [0.25, 0.3) is 0 Å². The van der Waals surface area contributed by atoms with E-state index in [0.717, 1.165) is 31.1 Å². The molecule has 0 saturated carbocycles. The number of hydrogen-bond acceptors (Lipinski definition) is 5. The van der Waals surface area contributed by atoms with E-state index in [-0.39, 0.29) is 30.0 Å². The molecule has 2 aliphatic heterocycles. The number of aromatic nitrogens is 1. The summed E-state index contributed by atoms with van der Waals surface area (Å²) in [5.41, 5.74) is 0.646. The van der Waals surface area contributed by atoms with E-state index in [9.17, 15) is 14.0 Å². The predicted octanol–water partition coefficient (Wildman–Crippen LogP) is 2.37. The van der Waals surface area contributed by atoms with Gasteiger partial charge >= 0.3 is 0 Å². The fourth-order valence-electron chi connectivity index (χ4n) is 3.87. The molecule has 4 rings (SSSR count). The van der Waals surface area contributed by atoms with Crippen molar-refractivity contribution in [2.24, 2.45) is 5.92 Å². The Hall–Kier alpha value is -2.32. The van der Waals surface area contributed by atoms with Crippen molar-refractivity contribution in [1.29, 1.82) is 0 Å². The van der Waals surface area contributed by atoms with Crippen LogP contribution in [-0.2, 0) is 16.1 Å². The molecule has 28 heavy (non-hydrogen) atoms. The highest BCUT2D eigenvalue weighted by Gasteiger charge is 2.37. The van der Waals surface area contributed by atoms with Gasteiger partial charge in [0.05, 0.1) is 12.5 Å². The second-order valence-electron chi connectivity index (χ2n) is 7.26. The molecule has 0 N–H and O–H groups in total. The number of rotatable bonds is 4. The van der Waals surface area contributed by atoms with Crippen molar-refractivity contribution in [3.8, 4) is 0 Å². The highest BCUT2D eigenvalue weighted by molar-refractivity contribution is 7.09. The highest BCUT2D eigenvalue weighted by atomic mass is 32.1. The maximum absolute atomic E-state index is 13.1. The molecule has 0 spiro atoms. The van der Waals surface area contributed by atoms with Crippen molar-refractivity contribution in [1.82, 2.24) is 14.8 Å². The van der Waals surface area contributed by atoms with Crippen molar-refractivity contribution in [2.45, 2.75) is 19.4 Å². The standard InChI is InChI=1S/C20H23FN4O2S/c21-16-2-4-17(5-3-16)25-13-15(12-19(25)26)20(27)24-8-1-7-23(9-10-24)14-18-22-6-11-28-18/h2-6,11,15H,1,7-10,12-14H2. The van der Waals surface area contributed by atoms with Gasteiger partial charge in [0.15, 0.2) is 0 Å². The Morgan fingerprint density at radius 3 is 2.75 bits per heavy atom. The molecule has 0 radical (unpaired) electrons. The Morgan fingerprint density at radius 1 is 1.18 bits per heavy atom. The fourth-order valence-corrected chi connectivity index (χ4v) is 4.53. The van der Waals surface area contributed by atoms with Gasteiger partial charge in [-0.25, -0.2) is 9.37 Å². The summed E-state index contributed by atoms with van der Waals surface area (Å²) in [6, 6.07) is 5.85. The Kier molecular flexibility index (Phi) is 5.68. The minimum Gasteiger partial charge on any atom is -0.341 e. The SMILES string of the molecule is O=C(C1CC(=O)N(c2ccc(F)cc2)C1)N1CCCN(Cc2nccs2)CC1. The zero-order valence-corrected chi connectivity index (χ0v) is 16.4. The highest BCUT2D eigenvalue weighted by Crippen LogP contribution is 2.27. The number of carbonyl (C=O) groups is 2. The van der Waals surface area contributed by atoms with Crippen molar-refractivity contribution < 1.29 is 14.0 Å². The van der Waals surface area contributed by atoms with Crippen LogP contribution in [0, 0.1) is 11.7 Å². The van der Waals surface area contributed by atoms with Crippen LogP contribution in [0.1, 0.15) is 17.8 Å². The first-order chi connectivity index (χ1) is 13.6. The molecule has 0 bridgehead atoms. The van der Waals surface area contributed by atoms with Crippen LogP contribution in [0.5, 0.6) is 0 Å². The van der Waals surface area contributed by atoms with E-state index in [0.29, 0.717) is 25.3 Å². The van der Waals surface area contributed by atoms with Crippen LogP contribution < -0.4 is 4.90 Å². The van der Waals surface area contributed by atoms with E-state index in [1.807, 2.05) is 16.5 Å². The van der Waals surface area contributed by atoms with Crippen molar-refractivity contribution in [2.75, 3.05) is 37.6 Å². The molecule has 8 heteroatoms. The average Bonchev–Trinajstić information content (AvgIpc) is 3.27. The predicted molar refractivity (Wildman–Crippen MR) is 105 cm³/mol. The molecule has 1 aromatic heterocycles. The molecular formula is C20H23FN4O2S. The van der Waals surface area contributed by atoms with Crippen LogP contribution in [0.25, 0.3) is 0 Å². The van der Waals surface area contributed by atoms with Crippen LogP contribution in [0.3, 0.4) is 0 Å². The molecular weight excluding hydrogens is 379 g/mol. The molecule has 1 aromatic carbocycles. The van der Waals surface area contributed by atoms with Crippen LogP contribution >= 0.6 is 11.3 Å². The molecule has 6 nitrogen and oxygen atoms in total. The average molecular weight is 402 g/mol. The van der Waals surface area contributed by atoms with E-state index in [2.05, 4.69) is 9.88 Å². The van der Waals surface area contributed by atoms with Gasteiger partial charge in [-0.3, -0.25) is 14.5 Å². The van der Waals surface area contributed by atoms with Crippen LogP contribution in [0.15, 0.2) is 35.8 Å². The lowest BCUT2D eigenvalue weighted by atomic mass is 10.1. The van der Waals surface area contributed by atoms with E-state index in [4.69, 9.17) is 0 Å². The van der Waals surface area contributed by atoms with E-state index in [1.165, 1.54) is 12.1 Å². The molecule has 3 heterocycles. The minimum absolute atomic E-state index is 0.0501. The normalized spacial score (nSPS) is 21.2. The quantitative estimate of drug-likeness (QED) is 0.788. The van der Waals surface area contributed by atoms with Crippen LogP contribution in [0.2, 0.25) is 0 Å². The molecule has 2 aromatic rings. The largest absolute Gasteiger partial charge is 0.341 e. The van der Waals surface area contributed by atoms with Crippen molar-refractivity contribution in [3.05, 3.63) is 46.7 Å². The monoisotopic (exact) mass is 402 g/mol. The summed E-state index contributed by atoms with van der Waals surface area (Å²) in [5, 5.41) is 3.07. The third-order valence-corrected chi connectivity index (χ3v) is 6.12. The molecule has 2 amide bonds. The Balaban J connectivity index is 1.35. The number of benzene rings is 1. The molecule has 0 aliphatic carbocycles. The topological polar surface area (TPSA) is 56.8 Å². The molecule has 2 fully saturated rings. The first kappa shape index (κ1) is 19.0. The second-order valence-corrected chi connectivity index (χ2v) is 8.24. The summed E-state index contributed by atoms with van der Waals surface area (Å²) < 4.78 is 13.1. The first-order valence-corrected chi connectivity index (χ1v) is 10.4. The summed E-state index contributed by atoms with van der Waals surface area (Å²) in [6.07, 6.45) is 2.95. The lowest BCUT2D eigenvalue weighted by Crippen LogP contribution is -2.39. The molecule has 2 aliphatic rings. The van der Waals surface area contributed by atoms with Gasteiger partial charge in [-0.05, 0) is 30.7 Å². The summed E-state index contributed by atoms with van der Waals surface area (Å²) >= 11 is 1.65. The molecule has 1 atom stereocenters. The summed E-state index contributed by atoms with van der Waals surface area (Å²) in [7, 11) is 0. The molecule has 148 valence electrons. The Labute approximate surface area is 167 Å². The number of anilines is 1. The van der Waals surface area contributed by atoms with Crippen molar-refractivity contribution >= 4 is 28.8 Å². The second kappa shape index (κ2) is 8.36. The molecule has 2 saturated heterocycles. The van der Waals surface area contributed by atoms with Crippen molar-refractivity contribution in [3.63, 3.8) is 0 Å². The number of hydrogen-bond donors (Lipinski definition) is 0.